The molecule has 0 amide bonds. The number of thiophene rings is 1. The molecule has 0 bridgehead atoms. The molecule has 0 atom stereocenters. The van der Waals surface area contributed by atoms with Crippen LogP contribution in [0.1, 0.15) is 13.3 Å². The van der Waals surface area contributed by atoms with Crippen LogP contribution in [-0.2, 0) is 0 Å². The standard InChI is InChI=1S/C19H17IOS/c1-2-13-21-17-9-7-15(8-10-17)14-3-5-16(6-4-14)18-11-12-19(20)22-18/h3-12H,2,13H2,1H3. The maximum atomic E-state index is 5.63. The first-order chi connectivity index (χ1) is 10.8. The summed E-state index contributed by atoms with van der Waals surface area (Å²) >= 11 is 4.18. The summed E-state index contributed by atoms with van der Waals surface area (Å²) in [6.07, 6.45) is 1.03. The Morgan fingerprint density at radius 1 is 0.818 bits per heavy atom. The summed E-state index contributed by atoms with van der Waals surface area (Å²) in [5.74, 6) is 0.940. The van der Waals surface area contributed by atoms with Crippen LogP contribution in [-0.4, -0.2) is 6.61 Å². The molecular formula is C19H17IOS. The average molecular weight is 420 g/mol. The fraction of sp³-hybridized carbons (Fsp3) is 0.158. The maximum absolute atomic E-state index is 5.63. The van der Waals surface area contributed by atoms with Gasteiger partial charge in [-0.25, -0.2) is 0 Å². The van der Waals surface area contributed by atoms with Crippen molar-refractivity contribution >= 4 is 33.9 Å². The number of benzene rings is 2. The van der Waals surface area contributed by atoms with Crippen molar-refractivity contribution in [2.75, 3.05) is 6.61 Å². The van der Waals surface area contributed by atoms with Gasteiger partial charge in [-0.3, -0.25) is 0 Å². The Morgan fingerprint density at radius 2 is 1.41 bits per heavy atom. The normalized spacial score (nSPS) is 10.6. The van der Waals surface area contributed by atoms with Crippen LogP contribution < -0.4 is 4.74 Å². The summed E-state index contributed by atoms with van der Waals surface area (Å²) in [5.41, 5.74) is 3.73. The Morgan fingerprint density at radius 3 is 1.95 bits per heavy atom. The van der Waals surface area contributed by atoms with Crippen LogP contribution in [0, 0.1) is 2.88 Å². The first-order valence-corrected chi connectivity index (χ1v) is 9.25. The zero-order valence-electron chi connectivity index (χ0n) is 12.4. The van der Waals surface area contributed by atoms with E-state index in [1.165, 1.54) is 24.5 Å². The lowest BCUT2D eigenvalue weighted by Gasteiger charge is -2.07. The SMILES string of the molecule is CCCOc1ccc(-c2ccc(-c3ccc(I)s3)cc2)cc1. The van der Waals surface area contributed by atoms with Gasteiger partial charge in [0.1, 0.15) is 5.75 Å². The zero-order chi connectivity index (χ0) is 15.4. The van der Waals surface area contributed by atoms with Gasteiger partial charge >= 0.3 is 0 Å². The van der Waals surface area contributed by atoms with Crippen molar-refractivity contribution in [1.82, 2.24) is 0 Å². The van der Waals surface area contributed by atoms with E-state index >= 15 is 0 Å². The van der Waals surface area contributed by atoms with Crippen LogP contribution in [0.2, 0.25) is 0 Å². The molecule has 0 unspecified atom stereocenters. The lowest BCUT2D eigenvalue weighted by molar-refractivity contribution is 0.317. The Balaban J connectivity index is 1.77. The molecule has 3 aromatic rings. The van der Waals surface area contributed by atoms with E-state index in [0.29, 0.717) is 0 Å². The number of ether oxygens (including phenoxy) is 1. The third-order valence-corrected chi connectivity index (χ3v) is 5.35. The summed E-state index contributed by atoms with van der Waals surface area (Å²) in [5, 5.41) is 0. The minimum Gasteiger partial charge on any atom is -0.494 e. The predicted molar refractivity (Wildman–Crippen MR) is 104 cm³/mol. The monoisotopic (exact) mass is 420 g/mol. The molecule has 2 aromatic carbocycles. The fourth-order valence-electron chi connectivity index (χ4n) is 2.26. The topological polar surface area (TPSA) is 9.23 Å². The molecule has 0 fully saturated rings. The lowest BCUT2D eigenvalue weighted by Crippen LogP contribution is -1.94. The number of rotatable bonds is 5. The van der Waals surface area contributed by atoms with Crippen molar-refractivity contribution in [1.29, 1.82) is 0 Å². The molecule has 3 rings (SSSR count). The van der Waals surface area contributed by atoms with Crippen molar-refractivity contribution in [3.8, 4) is 27.3 Å². The summed E-state index contributed by atoms with van der Waals surface area (Å²) < 4.78 is 6.94. The molecule has 22 heavy (non-hydrogen) atoms. The molecule has 0 spiro atoms. The molecule has 0 aliphatic rings. The highest BCUT2D eigenvalue weighted by atomic mass is 127. The van der Waals surface area contributed by atoms with E-state index < -0.39 is 0 Å². The molecule has 0 saturated heterocycles. The van der Waals surface area contributed by atoms with Crippen molar-refractivity contribution in [3.05, 3.63) is 63.5 Å². The fourth-order valence-corrected chi connectivity index (χ4v) is 3.89. The predicted octanol–water partition coefficient (Wildman–Crippen LogP) is 6.48. The van der Waals surface area contributed by atoms with Crippen LogP contribution >= 0.6 is 33.9 Å². The number of halogens is 1. The van der Waals surface area contributed by atoms with Gasteiger partial charge < -0.3 is 4.74 Å². The first-order valence-electron chi connectivity index (χ1n) is 7.35. The van der Waals surface area contributed by atoms with Crippen LogP contribution in [0.5, 0.6) is 5.75 Å². The van der Waals surface area contributed by atoms with Crippen LogP contribution in [0.3, 0.4) is 0 Å². The average Bonchev–Trinajstić information content (AvgIpc) is 3.00. The molecule has 1 heterocycles. The molecule has 1 aromatic heterocycles. The van der Waals surface area contributed by atoms with Crippen molar-refractivity contribution in [3.63, 3.8) is 0 Å². The molecule has 0 radical (unpaired) electrons. The van der Waals surface area contributed by atoms with E-state index in [2.05, 4.69) is 78.0 Å². The second kappa shape index (κ2) is 7.29. The minimum atomic E-state index is 0.771. The number of hydrogen-bond acceptors (Lipinski definition) is 2. The van der Waals surface area contributed by atoms with Gasteiger partial charge in [0.05, 0.1) is 9.49 Å². The van der Waals surface area contributed by atoms with Crippen LogP contribution in [0.4, 0.5) is 0 Å². The van der Waals surface area contributed by atoms with Gasteiger partial charge in [-0.1, -0.05) is 43.3 Å². The van der Waals surface area contributed by atoms with E-state index in [1.807, 2.05) is 23.5 Å². The third-order valence-electron chi connectivity index (χ3n) is 3.40. The summed E-state index contributed by atoms with van der Waals surface area (Å²) in [7, 11) is 0. The number of hydrogen-bond donors (Lipinski definition) is 0. The summed E-state index contributed by atoms with van der Waals surface area (Å²) in [4.78, 5) is 1.32. The highest BCUT2D eigenvalue weighted by Crippen LogP contribution is 2.31. The molecule has 0 saturated carbocycles. The van der Waals surface area contributed by atoms with Gasteiger partial charge in [-0.2, -0.15) is 0 Å². The largest absolute Gasteiger partial charge is 0.494 e. The maximum Gasteiger partial charge on any atom is 0.119 e. The Hall–Kier alpha value is -1.33. The van der Waals surface area contributed by atoms with E-state index in [4.69, 9.17) is 4.74 Å². The summed E-state index contributed by atoms with van der Waals surface area (Å²) in [6.45, 7) is 2.89. The Labute approximate surface area is 149 Å². The third kappa shape index (κ3) is 3.70. The highest BCUT2D eigenvalue weighted by Gasteiger charge is 2.03. The molecule has 1 nitrogen and oxygen atoms in total. The highest BCUT2D eigenvalue weighted by molar-refractivity contribution is 14.1. The van der Waals surface area contributed by atoms with Crippen LogP contribution in [0.25, 0.3) is 21.6 Å². The Bertz CT molecular complexity index is 729. The molecule has 0 aliphatic carbocycles. The smallest absolute Gasteiger partial charge is 0.119 e. The van der Waals surface area contributed by atoms with Gasteiger partial charge in [-0.05, 0) is 70.0 Å². The molecule has 0 N–H and O–H groups in total. The second-order valence-electron chi connectivity index (χ2n) is 5.05. The van der Waals surface area contributed by atoms with Crippen LogP contribution in [0.15, 0.2) is 60.7 Å². The van der Waals surface area contributed by atoms with Gasteiger partial charge in [0.2, 0.25) is 0 Å². The van der Waals surface area contributed by atoms with Crippen molar-refractivity contribution in [2.45, 2.75) is 13.3 Å². The van der Waals surface area contributed by atoms with Gasteiger partial charge in [-0.15, -0.1) is 11.3 Å². The van der Waals surface area contributed by atoms with E-state index in [9.17, 15) is 0 Å². The zero-order valence-corrected chi connectivity index (χ0v) is 15.4. The van der Waals surface area contributed by atoms with Gasteiger partial charge in [0, 0.05) is 4.88 Å². The first kappa shape index (κ1) is 15.6. The van der Waals surface area contributed by atoms with E-state index in [-0.39, 0.29) is 0 Å². The van der Waals surface area contributed by atoms with Crippen molar-refractivity contribution in [2.24, 2.45) is 0 Å². The minimum absolute atomic E-state index is 0.771. The van der Waals surface area contributed by atoms with Crippen molar-refractivity contribution < 1.29 is 4.74 Å². The summed E-state index contributed by atoms with van der Waals surface area (Å²) in [6, 6.07) is 21.4. The van der Waals surface area contributed by atoms with Gasteiger partial charge in [0.15, 0.2) is 0 Å². The lowest BCUT2D eigenvalue weighted by atomic mass is 10.0. The van der Waals surface area contributed by atoms with E-state index in [1.54, 1.807) is 0 Å². The van der Waals surface area contributed by atoms with E-state index in [0.717, 1.165) is 18.8 Å². The molecule has 3 heteroatoms. The quantitative estimate of drug-likeness (QED) is 0.430. The molecule has 0 aliphatic heterocycles. The second-order valence-corrected chi connectivity index (χ2v) is 8.03. The molecular weight excluding hydrogens is 403 g/mol. The van der Waals surface area contributed by atoms with Gasteiger partial charge in [0.25, 0.3) is 0 Å². The Kier molecular flexibility index (Phi) is 5.16. The molecule has 112 valence electrons.